The zero-order chi connectivity index (χ0) is 21.7. The number of esters is 1. The lowest BCUT2D eigenvalue weighted by Gasteiger charge is -2.14. The van der Waals surface area contributed by atoms with Gasteiger partial charge >= 0.3 is 5.97 Å². The van der Waals surface area contributed by atoms with Crippen LogP contribution in [0.25, 0.3) is 11.3 Å². The number of benzene rings is 2. The summed E-state index contributed by atoms with van der Waals surface area (Å²) in [7, 11) is 5.39. The van der Waals surface area contributed by atoms with Crippen LogP contribution in [0.15, 0.2) is 54.6 Å². The van der Waals surface area contributed by atoms with Crippen LogP contribution < -0.4 is 9.64 Å². The fourth-order valence-corrected chi connectivity index (χ4v) is 3.05. The van der Waals surface area contributed by atoms with Crippen molar-refractivity contribution in [3.8, 4) is 17.0 Å². The molecule has 0 aliphatic rings. The minimum Gasteiger partial charge on any atom is -0.493 e. The fraction of sp³-hybridized carbons (Fsp3) is 0.333. The van der Waals surface area contributed by atoms with Crippen LogP contribution in [0.1, 0.15) is 29.9 Å². The summed E-state index contributed by atoms with van der Waals surface area (Å²) in [6, 6.07) is 17.9. The van der Waals surface area contributed by atoms with Gasteiger partial charge in [-0.05, 0) is 41.8 Å². The van der Waals surface area contributed by atoms with Crippen LogP contribution in [-0.2, 0) is 11.3 Å². The van der Waals surface area contributed by atoms with E-state index in [-0.39, 0.29) is 5.69 Å². The second-order valence-electron chi connectivity index (χ2n) is 7.86. The number of nitrogens with zero attached hydrogens (tertiary/aromatic N) is 3. The number of rotatable bonds is 8. The number of anilines is 1. The lowest BCUT2D eigenvalue weighted by molar-refractivity contribution is 0.0593. The predicted molar refractivity (Wildman–Crippen MR) is 119 cm³/mol. The Morgan fingerprint density at radius 3 is 2.47 bits per heavy atom. The highest BCUT2D eigenvalue weighted by molar-refractivity contribution is 5.88. The molecule has 0 amide bonds. The van der Waals surface area contributed by atoms with E-state index >= 15 is 0 Å². The smallest absolute Gasteiger partial charge is 0.358 e. The maximum Gasteiger partial charge on any atom is 0.358 e. The van der Waals surface area contributed by atoms with Crippen LogP contribution in [0.5, 0.6) is 5.75 Å². The molecule has 3 rings (SSSR count). The van der Waals surface area contributed by atoms with Crippen LogP contribution in [0.2, 0.25) is 0 Å². The van der Waals surface area contributed by atoms with E-state index in [1.807, 2.05) is 43.0 Å². The van der Waals surface area contributed by atoms with Crippen molar-refractivity contribution in [3.63, 3.8) is 0 Å². The topological polar surface area (TPSA) is 56.6 Å². The van der Waals surface area contributed by atoms with Crippen LogP contribution in [0, 0.1) is 5.92 Å². The Bertz CT molecular complexity index is 991. The first-order chi connectivity index (χ1) is 14.4. The number of carbonyl (C=O) groups is 1. The molecule has 0 unspecified atom stereocenters. The first-order valence-electron chi connectivity index (χ1n) is 10.0. The molecule has 6 heteroatoms. The molecule has 0 fully saturated rings. The highest BCUT2D eigenvalue weighted by Crippen LogP contribution is 2.26. The Morgan fingerprint density at radius 1 is 1.10 bits per heavy atom. The number of aromatic nitrogens is 2. The lowest BCUT2D eigenvalue weighted by atomic mass is 10.1. The third-order valence-electron chi connectivity index (χ3n) is 4.67. The molecule has 0 radical (unpaired) electrons. The van der Waals surface area contributed by atoms with Crippen LogP contribution in [0.3, 0.4) is 0 Å². The molecule has 6 nitrogen and oxygen atoms in total. The predicted octanol–water partition coefficient (Wildman–Crippen LogP) is 4.49. The largest absolute Gasteiger partial charge is 0.493 e. The maximum atomic E-state index is 12.1. The number of carbonyl (C=O) groups excluding carboxylic acids is 1. The average molecular weight is 408 g/mol. The van der Waals surface area contributed by atoms with Crippen LogP contribution >= 0.6 is 0 Å². The quantitative estimate of drug-likeness (QED) is 0.515. The molecule has 0 atom stereocenters. The van der Waals surface area contributed by atoms with Crippen LogP contribution in [-0.4, -0.2) is 43.6 Å². The standard InChI is InChI=1S/C24H29N3O3/c1-17(2)16-30-21-8-6-7-19(13-21)23-14-22(24(28)29-5)25-27(23)15-18-9-11-20(12-10-18)26(3)4/h6-14,17H,15-16H2,1-5H3. The molecule has 0 aliphatic heterocycles. The Labute approximate surface area is 178 Å². The first kappa shape index (κ1) is 21.4. The number of ether oxygens (including phenoxy) is 2. The summed E-state index contributed by atoms with van der Waals surface area (Å²) in [6.45, 7) is 5.41. The van der Waals surface area contributed by atoms with E-state index in [0.29, 0.717) is 19.1 Å². The maximum absolute atomic E-state index is 12.1. The van der Waals surface area contributed by atoms with E-state index in [9.17, 15) is 4.79 Å². The van der Waals surface area contributed by atoms with Gasteiger partial charge in [0.1, 0.15) is 5.75 Å². The SMILES string of the molecule is COC(=O)c1cc(-c2cccc(OCC(C)C)c2)n(Cc2ccc(N(C)C)cc2)n1. The van der Waals surface area contributed by atoms with Gasteiger partial charge in [-0.15, -0.1) is 0 Å². The van der Waals surface area contributed by atoms with E-state index < -0.39 is 5.97 Å². The van der Waals surface area contributed by atoms with Crippen molar-refractivity contribution in [2.45, 2.75) is 20.4 Å². The zero-order valence-corrected chi connectivity index (χ0v) is 18.3. The number of hydrogen-bond donors (Lipinski definition) is 0. The Kier molecular flexibility index (Phi) is 6.77. The van der Waals surface area contributed by atoms with Gasteiger partial charge < -0.3 is 14.4 Å². The third kappa shape index (κ3) is 5.20. The molecular formula is C24H29N3O3. The third-order valence-corrected chi connectivity index (χ3v) is 4.67. The van der Waals surface area contributed by atoms with Gasteiger partial charge in [0.15, 0.2) is 5.69 Å². The summed E-state index contributed by atoms with van der Waals surface area (Å²) in [6.07, 6.45) is 0. The van der Waals surface area contributed by atoms with Crippen molar-refractivity contribution in [3.05, 3.63) is 65.9 Å². The first-order valence-corrected chi connectivity index (χ1v) is 10.0. The van der Waals surface area contributed by atoms with Crippen molar-refractivity contribution in [2.75, 3.05) is 32.7 Å². The molecule has 0 spiro atoms. The molecular weight excluding hydrogens is 378 g/mol. The van der Waals surface area contributed by atoms with Crippen molar-refractivity contribution in [1.29, 1.82) is 0 Å². The molecule has 0 saturated carbocycles. The van der Waals surface area contributed by atoms with E-state index in [2.05, 4.69) is 48.1 Å². The van der Waals surface area contributed by atoms with Crippen molar-refractivity contribution >= 4 is 11.7 Å². The van der Waals surface area contributed by atoms with Gasteiger partial charge in [0.25, 0.3) is 0 Å². The highest BCUT2D eigenvalue weighted by Gasteiger charge is 2.17. The Morgan fingerprint density at radius 2 is 1.83 bits per heavy atom. The average Bonchev–Trinajstić information content (AvgIpc) is 3.16. The van der Waals surface area contributed by atoms with Gasteiger partial charge in [-0.1, -0.05) is 38.1 Å². The fourth-order valence-electron chi connectivity index (χ4n) is 3.05. The van der Waals surface area contributed by atoms with Crippen molar-refractivity contribution in [2.24, 2.45) is 5.92 Å². The minimum atomic E-state index is -0.454. The zero-order valence-electron chi connectivity index (χ0n) is 18.3. The molecule has 1 heterocycles. The molecule has 2 aromatic carbocycles. The Hall–Kier alpha value is -3.28. The van der Waals surface area contributed by atoms with Gasteiger partial charge in [0.05, 0.1) is 26.0 Å². The van der Waals surface area contributed by atoms with Gasteiger partial charge in [-0.25, -0.2) is 4.79 Å². The molecule has 158 valence electrons. The number of hydrogen-bond acceptors (Lipinski definition) is 5. The van der Waals surface area contributed by atoms with Gasteiger partial charge in [0, 0.05) is 25.3 Å². The minimum absolute atomic E-state index is 0.283. The monoisotopic (exact) mass is 407 g/mol. The van der Waals surface area contributed by atoms with Gasteiger partial charge in [-0.3, -0.25) is 4.68 Å². The normalized spacial score (nSPS) is 10.9. The summed E-state index contributed by atoms with van der Waals surface area (Å²) in [5, 5.41) is 4.50. The molecule has 0 bridgehead atoms. The van der Waals surface area contributed by atoms with E-state index in [1.165, 1.54) is 7.11 Å². The molecule has 0 N–H and O–H groups in total. The summed E-state index contributed by atoms with van der Waals surface area (Å²) in [5.41, 5.74) is 4.27. The van der Waals surface area contributed by atoms with Crippen molar-refractivity contribution in [1.82, 2.24) is 9.78 Å². The van der Waals surface area contributed by atoms with Gasteiger partial charge in [-0.2, -0.15) is 5.10 Å². The highest BCUT2D eigenvalue weighted by atomic mass is 16.5. The molecule has 30 heavy (non-hydrogen) atoms. The molecule has 0 saturated heterocycles. The number of methoxy groups -OCH3 is 1. The molecule has 0 aliphatic carbocycles. The molecule has 1 aromatic heterocycles. The van der Waals surface area contributed by atoms with Crippen LogP contribution in [0.4, 0.5) is 5.69 Å². The molecule has 3 aromatic rings. The van der Waals surface area contributed by atoms with Crippen molar-refractivity contribution < 1.29 is 14.3 Å². The summed E-state index contributed by atoms with van der Waals surface area (Å²) < 4.78 is 12.6. The van der Waals surface area contributed by atoms with E-state index in [4.69, 9.17) is 9.47 Å². The van der Waals surface area contributed by atoms with E-state index in [0.717, 1.165) is 28.3 Å². The summed E-state index contributed by atoms with van der Waals surface area (Å²) in [4.78, 5) is 14.2. The summed E-state index contributed by atoms with van der Waals surface area (Å²) in [5.74, 6) is 0.782. The second-order valence-corrected chi connectivity index (χ2v) is 7.86. The van der Waals surface area contributed by atoms with Gasteiger partial charge in [0.2, 0.25) is 0 Å². The Balaban J connectivity index is 1.94. The summed E-state index contributed by atoms with van der Waals surface area (Å²) >= 11 is 0. The van der Waals surface area contributed by atoms with E-state index in [1.54, 1.807) is 6.07 Å². The second kappa shape index (κ2) is 9.48. The lowest BCUT2D eigenvalue weighted by Crippen LogP contribution is -2.09.